The van der Waals surface area contributed by atoms with Gasteiger partial charge in [-0.05, 0) is 30.3 Å². The zero-order valence-electron chi connectivity index (χ0n) is 16.0. The van der Waals surface area contributed by atoms with Crippen LogP contribution in [-0.4, -0.2) is 28.4 Å². The van der Waals surface area contributed by atoms with Crippen LogP contribution >= 0.6 is 0 Å². The zero-order chi connectivity index (χ0) is 22.0. The van der Waals surface area contributed by atoms with Crippen molar-refractivity contribution in [3.05, 3.63) is 88.6 Å². The number of nitro benzene ring substituents is 1. The van der Waals surface area contributed by atoms with Gasteiger partial charge in [-0.15, -0.1) is 0 Å². The predicted molar refractivity (Wildman–Crippen MR) is 115 cm³/mol. The van der Waals surface area contributed by atoms with Crippen molar-refractivity contribution >= 4 is 38.1 Å². The molecule has 31 heavy (non-hydrogen) atoms. The minimum absolute atomic E-state index is 0.0320. The summed E-state index contributed by atoms with van der Waals surface area (Å²) in [4.78, 5) is 19.2. The molecule has 0 unspecified atom stereocenters. The van der Waals surface area contributed by atoms with Gasteiger partial charge in [0.05, 0.1) is 26.5 Å². The topological polar surface area (TPSA) is 135 Å². The molecular formula is C21H16N4O5S. The molecule has 0 aliphatic rings. The molecule has 0 atom stereocenters. The van der Waals surface area contributed by atoms with Crippen LogP contribution in [0.1, 0.15) is 5.69 Å². The number of benzene rings is 3. The van der Waals surface area contributed by atoms with Crippen LogP contribution in [0, 0.1) is 10.1 Å². The lowest BCUT2D eigenvalue weighted by Gasteiger charge is -2.13. The normalized spacial score (nSPS) is 11.4. The number of nitrogens with one attached hydrogen (secondary N) is 1. The van der Waals surface area contributed by atoms with Crippen molar-refractivity contribution < 1.29 is 18.4 Å². The largest absolute Gasteiger partial charge is 0.508 e. The van der Waals surface area contributed by atoms with Gasteiger partial charge >= 0.3 is 0 Å². The molecule has 2 N–H and O–H groups in total. The number of aromatic nitrogens is 2. The van der Waals surface area contributed by atoms with Crippen LogP contribution in [0.15, 0.2) is 77.7 Å². The molecule has 9 nitrogen and oxygen atoms in total. The van der Waals surface area contributed by atoms with E-state index in [1.54, 1.807) is 36.4 Å². The fourth-order valence-corrected chi connectivity index (χ4v) is 4.33. The van der Waals surface area contributed by atoms with E-state index in [0.717, 1.165) is 6.07 Å². The number of anilines is 2. The molecule has 0 spiro atoms. The van der Waals surface area contributed by atoms with E-state index in [1.165, 1.54) is 30.3 Å². The number of nitro groups is 1. The molecule has 0 radical (unpaired) electrons. The summed E-state index contributed by atoms with van der Waals surface area (Å²) in [6.45, 7) is 0. The number of non-ortho nitro benzene ring substituents is 1. The molecule has 10 heteroatoms. The Hall–Kier alpha value is -4.05. The van der Waals surface area contributed by atoms with Crippen molar-refractivity contribution in [3.8, 4) is 5.75 Å². The number of hydrogen-bond acceptors (Lipinski definition) is 8. The number of para-hydroxylation sites is 2. The number of rotatable bonds is 6. The van der Waals surface area contributed by atoms with E-state index in [0.29, 0.717) is 16.7 Å². The third kappa shape index (κ3) is 4.43. The summed E-state index contributed by atoms with van der Waals surface area (Å²) >= 11 is 0. The first kappa shape index (κ1) is 20.2. The van der Waals surface area contributed by atoms with Gasteiger partial charge in [0.2, 0.25) is 0 Å². The first-order valence-electron chi connectivity index (χ1n) is 9.11. The van der Waals surface area contributed by atoms with E-state index < -0.39 is 20.5 Å². The maximum atomic E-state index is 13.0. The van der Waals surface area contributed by atoms with Gasteiger partial charge in [-0.1, -0.05) is 24.3 Å². The van der Waals surface area contributed by atoms with Crippen LogP contribution in [0.25, 0.3) is 11.0 Å². The van der Waals surface area contributed by atoms with Crippen molar-refractivity contribution in [2.75, 3.05) is 5.32 Å². The highest BCUT2D eigenvalue weighted by Gasteiger charge is 2.22. The molecule has 0 aliphatic carbocycles. The minimum atomic E-state index is -3.96. The molecule has 0 bridgehead atoms. The summed E-state index contributed by atoms with van der Waals surface area (Å²) in [7, 11) is -3.96. The monoisotopic (exact) mass is 436 g/mol. The zero-order valence-corrected chi connectivity index (χ0v) is 16.8. The molecule has 1 aromatic heterocycles. The van der Waals surface area contributed by atoms with Crippen molar-refractivity contribution in [1.82, 2.24) is 9.97 Å². The molecule has 156 valence electrons. The van der Waals surface area contributed by atoms with Gasteiger partial charge in [0, 0.05) is 23.9 Å². The molecule has 0 fully saturated rings. The Morgan fingerprint density at radius 2 is 1.65 bits per heavy atom. The van der Waals surface area contributed by atoms with Crippen LogP contribution in [0.5, 0.6) is 5.75 Å². The highest BCUT2D eigenvalue weighted by atomic mass is 32.2. The van der Waals surface area contributed by atoms with Crippen molar-refractivity contribution in [1.29, 1.82) is 0 Å². The second-order valence-electron chi connectivity index (χ2n) is 6.70. The summed E-state index contributed by atoms with van der Waals surface area (Å²) in [5.41, 5.74) is 1.39. The van der Waals surface area contributed by atoms with E-state index in [1.807, 2.05) is 0 Å². The standard InChI is InChI=1S/C21H16N4O5S/c26-16-7-3-5-14(11-16)22-21-20(23-18-9-1-2-10-19(18)24-21)13-31(29,30)17-8-4-6-15(12-17)25(27)28/h1-12,26H,13H2,(H,22,24). The summed E-state index contributed by atoms with van der Waals surface area (Å²) in [6.07, 6.45) is 0. The van der Waals surface area contributed by atoms with Gasteiger partial charge in [-0.2, -0.15) is 0 Å². The Balaban J connectivity index is 1.78. The number of phenols is 1. The van der Waals surface area contributed by atoms with Crippen LogP contribution < -0.4 is 5.32 Å². The van der Waals surface area contributed by atoms with Gasteiger partial charge in [0.15, 0.2) is 15.7 Å². The fourth-order valence-electron chi connectivity index (χ4n) is 3.01. The van der Waals surface area contributed by atoms with E-state index >= 15 is 0 Å². The van der Waals surface area contributed by atoms with E-state index in [2.05, 4.69) is 15.3 Å². The van der Waals surface area contributed by atoms with E-state index in [4.69, 9.17) is 0 Å². The average molecular weight is 436 g/mol. The molecule has 0 amide bonds. The Morgan fingerprint density at radius 3 is 2.35 bits per heavy atom. The van der Waals surface area contributed by atoms with E-state index in [-0.39, 0.29) is 27.8 Å². The number of sulfone groups is 1. The molecule has 3 aromatic carbocycles. The van der Waals surface area contributed by atoms with Crippen LogP contribution in [-0.2, 0) is 15.6 Å². The van der Waals surface area contributed by atoms with Gasteiger partial charge in [0.1, 0.15) is 11.5 Å². The molecular weight excluding hydrogens is 420 g/mol. The van der Waals surface area contributed by atoms with Gasteiger partial charge in [0.25, 0.3) is 5.69 Å². The van der Waals surface area contributed by atoms with Crippen LogP contribution in [0.3, 0.4) is 0 Å². The summed E-state index contributed by atoms with van der Waals surface area (Å²) in [5.74, 6) is -0.282. The third-order valence-electron chi connectivity index (χ3n) is 4.47. The number of nitrogens with zero attached hydrogens (tertiary/aromatic N) is 3. The van der Waals surface area contributed by atoms with Gasteiger partial charge in [-0.25, -0.2) is 18.4 Å². The second-order valence-corrected chi connectivity index (χ2v) is 8.69. The van der Waals surface area contributed by atoms with Crippen molar-refractivity contribution in [3.63, 3.8) is 0 Å². The lowest BCUT2D eigenvalue weighted by atomic mass is 10.2. The maximum absolute atomic E-state index is 13.0. The fraction of sp³-hybridized carbons (Fsp3) is 0.0476. The van der Waals surface area contributed by atoms with Crippen LogP contribution in [0.2, 0.25) is 0 Å². The van der Waals surface area contributed by atoms with Gasteiger partial charge in [-0.3, -0.25) is 10.1 Å². The minimum Gasteiger partial charge on any atom is -0.508 e. The molecule has 0 saturated carbocycles. The second kappa shape index (κ2) is 8.00. The van der Waals surface area contributed by atoms with Crippen molar-refractivity contribution in [2.45, 2.75) is 10.6 Å². The summed E-state index contributed by atoms with van der Waals surface area (Å²) in [6, 6.07) is 18.2. The average Bonchev–Trinajstić information content (AvgIpc) is 2.74. The molecule has 1 heterocycles. The molecule has 4 rings (SSSR count). The quantitative estimate of drug-likeness (QED) is 0.342. The number of fused-ring (bicyclic) bond motifs is 1. The smallest absolute Gasteiger partial charge is 0.270 e. The Labute approximate surface area is 177 Å². The number of phenolic OH excluding ortho intramolecular Hbond substituents is 1. The lowest BCUT2D eigenvalue weighted by Crippen LogP contribution is -2.10. The SMILES string of the molecule is O=[N+]([O-])c1cccc(S(=O)(=O)Cc2nc3ccccc3nc2Nc2cccc(O)c2)c1. The predicted octanol–water partition coefficient (Wildman–Crippen LogP) is 3.96. The summed E-state index contributed by atoms with van der Waals surface area (Å²) in [5, 5.41) is 23.7. The molecule has 0 aliphatic heterocycles. The number of hydrogen-bond donors (Lipinski definition) is 2. The Kier molecular flexibility index (Phi) is 5.22. The highest BCUT2D eigenvalue weighted by Crippen LogP contribution is 2.27. The third-order valence-corrected chi connectivity index (χ3v) is 6.09. The van der Waals surface area contributed by atoms with E-state index in [9.17, 15) is 23.6 Å². The Morgan fingerprint density at radius 1 is 0.935 bits per heavy atom. The molecule has 4 aromatic rings. The first-order valence-corrected chi connectivity index (χ1v) is 10.8. The summed E-state index contributed by atoms with van der Waals surface area (Å²) < 4.78 is 26.0. The van der Waals surface area contributed by atoms with Crippen molar-refractivity contribution in [2.24, 2.45) is 0 Å². The molecule has 0 saturated heterocycles. The highest BCUT2D eigenvalue weighted by molar-refractivity contribution is 7.90. The lowest BCUT2D eigenvalue weighted by molar-refractivity contribution is -0.385. The Bertz CT molecular complexity index is 1410. The maximum Gasteiger partial charge on any atom is 0.270 e. The first-order chi connectivity index (χ1) is 14.8. The van der Waals surface area contributed by atoms with Crippen LogP contribution in [0.4, 0.5) is 17.2 Å². The number of aromatic hydroxyl groups is 1. The van der Waals surface area contributed by atoms with Gasteiger partial charge < -0.3 is 10.4 Å².